The van der Waals surface area contributed by atoms with Crippen LogP contribution in [0.4, 0.5) is 0 Å². The number of carbonyl (C=O) groups excluding carboxylic acids is 1. The largest absolute Gasteiger partial charge is 0.465 e. The van der Waals surface area contributed by atoms with Gasteiger partial charge in [0.2, 0.25) is 0 Å². The molecule has 0 saturated carbocycles. The SMILES string of the molecule is COC(=O)c1cc(C(C)C)c(-c2ccc3c(ccn3C)c2)[nH]c1=O. The molecule has 0 aliphatic heterocycles. The van der Waals surface area contributed by atoms with Gasteiger partial charge in [-0.3, -0.25) is 4.79 Å². The first-order chi connectivity index (χ1) is 11.4. The summed E-state index contributed by atoms with van der Waals surface area (Å²) in [6, 6.07) is 9.73. The Morgan fingerprint density at radius 2 is 1.96 bits per heavy atom. The molecule has 24 heavy (non-hydrogen) atoms. The Bertz CT molecular complexity index is 980. The fourth-order valence-corrected chi connectivity index (χ4v) is 2.94. The zero-order chi connectivity index (χ0) is 17.4. The molecule has 0 bridgehead atoms. The van der Waals surface area contributed by atoms with E-state index >= 15 is 0 Å². The minimum absolute atomic E-state index is 0.0331. The quantitative estimate of drug-likeness (QED) is 0.751. The van der Waals surface area contributed by atoms with Crippen LogP contribution >= 0.6 is 0 Å². The van der Waals surface area contributed by atoms with Crippen LogP contribution in [0.25, 0.3) is 22.2 Å². The molecule has 5 heteroatoms. The van der Waals surface area contributed by atoms with Crippen LogP contribution in [-0.4, -0.2) is 22.6 Å². The first-order valence-corrected chi connectivity index (χ1v) is 7.83. The van der Waals surface area contributed by atoms with Crippen molar-refractivity contribution in [2.75, 3.05) is 7.11 Å². The van der Waals surface area contributed by atoms with E-state index in [2.05, 4.69) is 4.98 Å². The van der Waals surface area contributed by atoms with Crippen molar-refractivity contribution in [1.29, 1.82) is 0 Å². The molecule has 5 nitrogen and oxygen atoms in total. The van der Waals surface area contributed by atoms with Crippen LogP contribution in [0.15, 0.2) is 41.3 Å². The minimum atomic E-state index is -0.622. The summed E-state index contributed by atoms with van der Waals surface area (Å²) in [6.07, 6.45) is 2.00. The van der Waals surface area contributed by atoms with Crippen LogP contribution in [0.5, 0.6) is 0 Å². The van der Waals surface area contributed by atoms with Gasteiger partial charge in [0.15, 0.2) is 0 Å². The second kappa shape index (κ2) is 6.00. The standard InChI is InChI=1S/C19H20N2O3/c1-11(2)14-10-15(19(23)24-4)18(22)20-17(14)13-5-6-16-12(9-13)7-8-21(16)3/h5-11H,1-4H3,(H,20,22). The van der Waals surface area contributed by atoms with Crippen molar-refractivity contribution in [3.63, 3.8) is 0 Å². The Kier molecular flexibility index (Phi) is 4.01. The number of fused-ring (bicyclic) bond motifs is 1. The van der Waals surface area contributed by atoms with Crippen molar-refractivity contribution in [2.45, 2.75) is 19.8 Å². The van der Waals surface area contributed by atoms with Crippen molar-refractivity contribution in [1.82, 2.24) is 9.55 Å². The summed E-state index contributed by atoms with van der Waals surface area (Å²) in [4.78, 5) is 27.0. The summed E-state index contributed by atoms with van der Waals surface area (Å²) in [5.74, 6) is -0.477. The average molecular weight is 324 g/mol. The number of benzene rings is 1. The van der Waals surface area contributed by atoms with E-state index in [0.29, 0.717) is 0 Å². The molecule has 3 rings (SSSR count). The van der Waals surface area contributed by atoms with E-state index in [-0.39, 0.29) is 11.5 Å². The molecule has 0 spiro atoms. The van der Waals surface area contributed by atoms with E-state index in [1.54, 1.807) is 6.07 Å². The van der Waals surface area contributed by atoms with E-state index in [9.17, 15) is 9.59 Å². The lowest BCUT2D eigenvalue weighted by molar-refractivity contribution is 0.0598. The van der Waals surface area contributed by atoms with Gasteiger partial charge in [-0.15, -0.1) is 0 Å². The monoisotopic (exact) mass is 324 g/mol. The van der Waals surface area contributed by atoms with Gasteiger partial charge >= 0.3 is 5.97 Å². The number of nitrogens with one attached hydrogen (secondary N) is 1. The smallest absolute Gasteiger partial charge is 0.343 e. The second-order valence-electron chi connectivity index (χ2n) is 6.19. The average Bonchev–Trinajstić information content (AvgIpc) is 2.94. The summed E-state index contributed by atoms with van der Waals surface area (Å²) < 4.78 is 6.74. The third kappa shape index (κ3) is 2.62. The topological polar surface area (TPSA) is 64.1 Å². The molecule has 0 aliphatic rings. The zero-order valence-electron chi connectivity index (χ0n) is 14.2. The summed E-state index contributed by atoms with van der Waals surface area (Å²) in [6.45, 7) is 4.05. The van der Waals surface area contributed by atoms with Crippen LogP contribution in [0.3, 0.4) is 0 Å². The highest BCUT2D eigenvalue weighted by Gasteiger charge is 2.18. The van der Waals surface area contributed by atoms with Crippen molar-refractivity contribution >= 4 is 16.9 Å². The predicted octanol–water partition coefficient (Wildman–Crippen LogP) is 3.44. The third-order valence-corrected chi connectivity index (χ3v) is 4.27. The number of nitrogens with zero attached hydrogens (tertiary/aromatic N) is 1. The first-order valence-electron chi connectivity index (χ1n) is 7.83. The molecule has 1 aromatic carbocycles. The fraction of sp³-hybridized carbons (Fsp3) is 0.263. The van der Waals surface area contributed by atoms with Gasteiger partial charge in [0, 0.05) is 24.1 Å². The Morgan fingerprint density at radius 3 is 2.62 bits per heavy atom. The van der Waals surface area contributed by atoms with Gasteiger partial charge in [0.1, 0.15) is 5.56 Å². The highest BCUT2D eigenvalue weighted by molar-refractivity contribution is 5.90. The van der Waals surface area contributed by atoms with Crippen LogP contribution in [0.1, 0.15) is 35.7 Å². The number of hydrogen-bond donors (Lipinski definition) is 1. The molecule has 0 aliphatic carbocycles. The number of aromatic amines is 1. The van der Waals surface area contributed by atoms with E-state index < -0.39 is 11.5 Å². The first kappa shape index (κ1) is 16.1. The molecule has 0 saturated heterocycles. The lowest BCUT2D eigenvalue weighted by Gasteiger charge is -2.14. The molecule has 0 amide bonds. The number of rotatable bonds is 3. The normalized spacial score (nSPS) is 11.2. The molecule has 0 fully saturated rings. The number of methoxy groups -OCH3 is 1. The van der Waals surface area contributed by atoms with Crippen LogP contribution in [0, 0.1) is 0 Å². The summed E-state index contributed by atoms with van der Waals surface area (Å²) in [5, 5.41) is 1.10. The molecule has 2 heterocycles. The van der Waals surface area contributed by atoms with E-state index in [1.165, 1.54) is 7.11 Å². The third-order valence-electron chi connectivity index (χ3n) is 4.27. The highest BCUT2D eigenvalue weighted by atomic mass is 16.5. The van der Waals surface area contributed by atoms with Gasteiger partial charge in [0.05, 0.1) is 12.8 Å². The maximum Gasteiger partial charge on any atom is 0.343 e. The fourth-order valence-electron chi connectivity index (χ4n) is 2.94. The van der Waals surface area contributed by atoms with Crippen LogP contribution < -0.4 is 5.56 Å². The summed E-state index contributed by atoms with van der Waals surface area (Å²) in [7, 11) is 3.27. The number of ether oxygens (including phenoxy) is 1. The van der Waals surface area contributed by atoms with Crippen molar-refractivity contribution in [3.05, 3.63) is 58.0 Å². The van der Waals surface area contributed by atoms with Gasteiger partial charge in [0.25, 0.3) is 5.56 Å². The number of pyridine rings is 1. The molecular formula is C19H20N2O3. The second-order valence-corrected chi connectivity index (χ2v) is 6.19. The van der Waals surface area contributed by atoms with Crippen molar-refractivity contribution in [2.24, 2.45) is 7.05 Å². The van der Waals surface area contributed by atoms with Crippen molar-refractivity contribution in [3.8, 4) is 11.3 Å². The van der Waals surface area contributed by atoms with Gasteiger partial charge in [-0.05, 0) is 41.3 Å². The number of carbonyl (C=O) groups is 1. The maximum absolute atomic E-state index is 12.3. The lowest BCUT2D eigenvalue weighted by atomic mass is 9.95. The number of esters is 1. The van der Waals surface area contributed by atoms with Crippen LogP contribution in [-0.2, 0) is 11.8 Å². The molecular weight excluding hydrogens is 304 g/mol. The number of aromatic nitrogens is 2. The van der Waals surface area contributed by atoms with E-state index in [4.69, 9.17) is 4.74 Å². The Hall–Kier alpha value is -2.82. The Morgan fingerprint density at radius 1 is 1.21 bits per heavy atom. The molecule has 0 atom stereocenters. The van der Waals surface area contributed by atoms with E-state index in [1.807, 2.05) is 55.9 Å². The zero-order valence-corrected chi connectivity index (χ0v) is 14.2. The number of hydrogen-bond acceptors (Lipinski definition) is 3. The summed E-state index contributed by atoms with van der Waals surface area (Å²) in [5.41, 5.74) is 3.29. The minimum Gasteiger partial charge on any atom is -0.465 e. The number of H-pyrrole nitrogens is 1. The van der Waals surface area contributed by atoms with Gasteiger partial charge < -0.3 is 14.3 Å². The van der Waals surface area contributed by atoms with Gasteiger partial charge in [-0.25, -0.2) is 4.79 Å². The summed E-state index contributed by atoms with van der Waals surface area (Å²) >= 11 is 0. The molecule has 0 radical (unpaired) electrons. The number of aryl methyl sites for hydroxylation is 1. The maximum atomic E-state index is 12.3. The molecule has 3 aromatic rings. The lowest BCUT2D eigenvalue weighted by Crippen LogP contribution is -2.21. The highest BCUT2D eigenvalue weighted by Crippen LogP contribution is 2.29. The molecule has 0 unspecified atom stereocenters. The van der Waals surface area contributed by atoms with Gasteiger partial charge in [-0.2, -0.15) is 0 Å². The molecule has 1 N–H and O–H groups in total. The molecule has 2 aromatic heterocycles. The molecule has 124 valence electrons. The van der Waals surface area contributed by atoms with Gasteiger partial charge in [-0.1, -0.05) is 19.9 Å². The van der Waals surface area contributed by atoms with Crippen LogP contribution in [0.2, 0.25) is 0 Å². The predicted molar refractivity (Wildman–Crippen MR) is 94.4 cm³/mol. The Labute approximate surface area is 139 Å². The Balaban J connectivity index is 2.23. The van der Waals surface area contributed by atoms with Crippen molar-refractivity contribution < 1.29 is 9.53 Å². The van der Waals surface area contributed by atoms with E-state index in [0.717, 1.165) is 27.7 Å².